The van der Waals surface area contributed by atoms with Gasteiger partial charge in [0.25, 0.3) is 0 Å². The molecule has 0 radical (unpaired) electrons. The third kappa shape index (κ3) is 4.87. The fraction of sp³-hybridized carbons (Fsp3) is 0.308. The van der Waals surface area contributed by atoms with Crippen LogP contribution in [0.3, 0.4) is 0 Å². The summed E-state index contributed by atoms with van der Waals surface area (Å²) in [6.45, 7) is 0.843. The van der Waals surface area contributed by atoms with E-state index < -0.39 is 0 Å². The Morgan fingerprint density at radius 3 is 2.81 bits per heavy atom. The predicted octanol–water partition coefficient (Wildman–Crippen LogP) is 4.55. The Hall–Kier alpha value is -3.63. The highest BCUT2D eigenvalue weighted by Gasteiger charge is 2.29. The van der Waals surface area contributed by atoms with E-state index in [1.165, 1.54) is 17.4 Å². The van der Waals surface area contributed by atoms with Crippen LogP contribution in [0.2, 0.25) is 0 Å². The monoisotopic (exact) mass is 505 g/mol. The zero-order valence-corrected chi connectivity index (χ0v) is 21.1. The number of nitrogen functional groups attached to an aromatic ring is 1. The molecule has 3 aromatic heterocycles. The summed E-state index contributed by atoms with van der Waals surface area (Å²) in [6, 6.07) is 10.2. The molecule has 0 saturated carbocycles. The number of nitrogens with zero attached hydrogens (tertiary/aromatic N) is 5. The molecule has 1 aliphatic carbocycles. The average molecular weight is 506 g/mol. The van der Waals surface area contributed by atoms with Crippen molar-refractivity contribution in [1.82, 2.24) is 24.6 Å². The second kappa shape index (κ2) is 10.2. The summed E-state index contributed by atoms with van der Waals surface area (Å²) in [5, 5.41) is 8.39. The van der Waals surface area contributed by atoms with E-state index in [0.29, 0.717) is 23.1 Å². The third-order valence-electron chi connectivity index (χ3n) is 6.13. The molecule has 36 heavy (non-hydrogen) atoms. The van der Waals surface area contributed by atoms with Crippen LogP contribution in [0.15, 0.2) is 42.6 Å². The van der Waals surface area contributed by atoms with Crippen molar-refractivity contribution in [2.75, 3.05) is 31.7 Å². The van der Waals surface area contributed by atoms with Crippen molar-refractivity contribution in [3.8, 4) is 27.5 Å². The van der Waals surface area contributed by atoms with E-state index in [1.807, 2.05) is 20.2 Å². The lowest BCUT2D eigenvalue weighted by molar-refractivity contribution is -0.116. The minimum absolute atomic E-state index is 0.0581. The van der Waals surface area contributed by atoms with Crippen LogP contribution >= 0.6 is 11.3 Å². The fourth-order valence-electron chi connectivity index (χ4n) is 4.43. The van der Waals surface area contributed by atoms with Crippen molar-refractivity contribution < 1.29 is 9.18 Å². The van der Waals surface area contributed by atoms with E-state index >= 15 is 0 Å². The number of rotatable bonds is 7. The molecule has 0 aliphatic heterocycles. The first kappa shape index (κ1) is 24.1. The maximum atomic E-state index is 15.0. The number of anilines is 2. The number of amides is 1. The maximum Gasteiger partial charge on any atom is 0.226 e. The fourth-order valence-corrected chi connectivity index (χ4v) is 5.51. The number of halogens is 1. The summed E-state index contributed by atoms with van der Waals surface area (Å²) >= 11 is 1.41. The van der Waals surface area contributed by atoms with E-state index in [4.69, 9.17) is 15.8 Å². The normalized spacial score (nSPS) is 12.8. The number of carbonyl (C=O) groups is 1. The molecule has 4 aromatic rings. The minimum Gasteiger partial charge on any atom is -0.384 e. The van der Waals surface area contributed by atoms with Crippen molar-refractivity contribution in [3.05, 3.63) is 59.7 Å². The van der Waals surface area contributed by atoms with Crippen LogP contribution in [0.1, 0.15) is 30.5 Å². The van der Waals surface area contributed by atoms with Gasteiger partial charge in [-0.1, -0.05) is 23.5 Å². The van der Waals surface area contributed by atoms with E-state index in [9.17, 15) is 9.18 Å². The molecule has 8 nitrogen and oxygen atoms in total. The van der Waals surface area contributed by atoms with E-state index in [-0.39, 0.29) is 11.7 Å². The van der Waals surface area contributed by atoms with Gasteiger partial charge in [-0.15, -0.1) is 0 Å². The topological polar surface area (TPSA) is 102 Å². The number of hydrogen-bond acceptors (Lipinski definition) is 7. The number of aromatic nitrogens is 4. The van der Waals surface area contributed by atoms with Crippen molar-refractivity contribution in [3.63, 3.8) is 0 Å². The number of aryl methyl sites for hydroxylation is 1. The molecule has 10 heteroatoms. The third-order valence-corrected chi connectivity index (χ3v) is 7.15. The zero-order chi connectivity index (χ0) is 25.2. The lowest BCUT2D eigenvalue weighted by Crippen LogP contribution is -2.17. The second-order valence-corrected chi connectivity index (χ2v) is 10.1. The molecular formula is C26H28FN7OS. The average Bonchev–Trinajstić information content (AvgIpc) is 3.36. The molecular weight excluding hydrogens is 477 g/mol. The van der Waals surface area contributed by atoms with E-state index in [1.54, 1.807) is 35.1 Å². The number of pyridine rings is 1. The van der Waals surface area contributed by atoms with Gasteiger partial charge in [0.1, 0.15) is 17.3 Å². The molecule has 0 saturated heterocycles. The summed E-state index contributed by atoms with van der Waals surface area (Å²) < 4.78 is 16.6. The molecule has 1 aliphatic rings. The quantitative estimate of drug-likeness (QED) is 0.382. The first-order valence-corrected chi connectivity index (χ1v) is 12.8. The first-order valence-electron chi connectivity index (χ1n) is 11.9. The Labute approximate surface area is 213 Å². The summed E-state index contributed by atoms with van der Waals surface area (Å²) in [7, 11) is 3.97. The molecule has 5 rings (SSSR count). The number of thiazole rings is 1. The van der Waals surface area contributed by atoms with E-state index in [0.717, 1.165) is 65.3 Å². The van der Waals surface area contributed by atoms with Crippen LogP contribution in [0.25, 0.3) is 27.5 Å². The van der Waals surface area contributed by atoms with Crippen molar-refractivity contribution >= 4 is 28.2 Å². The van der Waals surface area contributed by atoms with Crippen LogP contribution in [0.4, 0.5) is 15.3 Å². The SMILES string of the molecule is CN(C)CCCC(=O)Nc1nc2c(s1)-c1c(c(-c3ccc(N)nc3)nn1-c1ccccc1F)CCC2. The van der Waals surface area contributed by atoms with E-state index in [2.05, 4.69) is 15.2 Å². The number of nitrogens with one attached hydrogen (secondary N) is 1. The Morgan fingerprint density at radius 1 is 1.22 bits per heavy atom. The van der Waals surface area contributed by atoms with Crippen LogP contribution in [0, 0.1) is 5.82 Å². The van der Waals surface area contributed by atoms with Crippen molar-refractivity contribution in [1.29, 1.82) is 0 Å². The van der Waals surface area contributed by atoms with Gasteiger partial charge in [0.15, 0.2) is 5.13 Å². The molecule has 0 atom stereocenters. The van der Waals surface area contributed by atoms with Crippen molar-refractivity contribution in [2.45, 2.75) is 32.1 Å². The molecule has 186 valence electrons. The Kier molecular flexibility index (Phi) is 6.80. The molecule has 3 N–H and O–H groups in total. The van der Waals surface area contributed by atoms with Gasteiger partial charge < -0.3 is 16.0 Å². The highest BCUT2D eigenvalue weighted by Crippen LogP contribution is 2.43. The summed E-state index contributed by atoms with van der Waals surface area (Å²) in [6.07, 6.45) is 5.27. The number of hydrogen-bond donors (Lipinski definition) is 2. The predicted molar refractivity (Wildman–Crippen MR) is 141 cm³/mol. The van der Waals surface area contributed by atoms with Gasteiger partial charge >= 0.3 is 0 Å². The Balaban J connectivity index is 1.58. The van der Waals surface area contributed by atoms with Gasteiger partial charge in [-0.2, -0.15) is 5.10 Å². The van der Waals surface area contributed by atoms with Gasteiger partial charge in [0.05, 0.1) is 22.0 Å². The number of fused-ring (bicyclic) bond motifs is 3. The molecule has 3 heterocycles. The largest absolute Gasteiger partial charge is 0.384 e. The highest BCUT2D eigenvalue weighted by atomic mass is 32.1. The standard InChI is InChI=1S/C26H28FN7OS/c1-33(2)14-6-11-22(35)31-26-30-19-9-5-7-17-23(16-12-13-21(28)29-15-16)32-34(24(17)25(19)36-26)20-10-4-3-8-18(20)27/h3-4,8,10,12-13,15H,5-7,9,11,14H2,1-2H3,(H2,28,29)(H,30,31,35). The van der Waals surface area contributed by atoms with Crippen LogP contribution in [-0.4, -0.2) is 51.2 Å². The second-order valence-electron chi connectivity index (χ2n) is 9.11. The van der Waals surface area contributed by atoms with Gasteiger partial charge in [0, 0.05) is 23.7 Å². The Bertz CT molecular complexity index is 1390. The van der Waals surface area contributed by atoms with Crippen LogP contribution in [0.5, 0.6) is 0 Å². The molecule has 0 fully saturated rings. The zero-order valence-electron chi connectivity index (χ0n) is 20.3. The first-order chi connectivity index (χ1) is 17.4. The maximum absolute atomic E-state index is 15.0. The summed E-state index contributed by atoms with van der Waals surface area (Å²) in [5.41, 5.74) is 10.4. The molecule has 0 bridgehead atoms. The lowest BCUT2D eigenvalue weighted by Gasteiger charge is -2.08. The highest BCUT2D eigenvalue weighted by molar-refractivity contribution is 7.19. The van der Waals surface area contributed by atoms with Gasteiger partial charge in [0.2, 0.25) is 5.91 Å². The van der Waals surface area contributed by atoms with Gasteiger partial charge in [-0.3, -0.25) is 4.79 Å². The Morgan fingerprint density at radius 2 is 2.06 bits per heavy atom. The molecule has 1 amide bonds. The molecule has 0 spiro atoms. The number of para-hydroxylation sites is 1. The summed E-state index contributed by atoms with van der Waals surface area (Å²) in [4.78, 5) is 24.5. The van der Waals surface area contributed by atoms with Crippen molar-refractivity contribution in [2.24, 2.45) is 0 Å². The van der Waals surface area contributed by atoms with Crippen LogP contribution in [-0.2, 0) is 17.6 Å². The molecule has 1 aromatic carbocycles. The van der Waals surface area contributed by atoms with Gasteiger partial charge in [-0.25, -0.2) is 19.0 Å². The number of carbonyl (C=O) groups excluding carboxylic acids is 1. The van der Waals surface area contributed by atoms with Gasteiger partial charge in [-0.05, 0) is 70.6 Å². The number of benzene rings is 1. The summed E-state index contributed by atoms with van der Waals surface area (Å²) in [5.74, 6) is 0.000767. The molecule has 0 unspecified atom stereocenters. The minimum atomic E-state index is -0.366. The van der Waals surface area contributed by atoms with Crippen LogP contribution < -0.4 is 11.1 Å². The lowest BCUT2D eigenvalue weighted by atomic mass is 10.0. The number of nitrogens with two attached hydrogens (primary N) is 1. The smallest absolute Gasteiger partial charge is 0.226 e.